The first-order chi connectivity index (χ1) is 16.5. The van der Waals surface area contributed by atoms with Gasteiger partial charge in [0.25, 0.3) is 0 Å². The van der Waals surface area contributed by atoms with Gasteiger partial charge in [0.05, 0.1) is 48.7 Å². The maximum Gasteiger partial charge on any atom is 0.340 e. The molecule has 0 amide bonds. The van der Waals surface area contributed by atoms with Crippen molar-refractivity contribution in [3.8, 4) is 0 Å². The predicted molar refractivity (Wildman–Crippen MR) is 130 cm³/mol. The van der Waals surface area contributed by atoms with Crippen LogP contribution in [0.4, 0.5) is 0 Å². The van der Waals surface area contributed by atoms with Gasteiger partial charge in [-0.05, 0) is 27.7 Å². The molecule has 0 bridgehead atoms. The highest BCUT2D eigenvalue weighted by Crippen LogP contribution is 2.52. The Kier molecular flexibility index (Phi) is 9.65. The van der Waals surface area contributed by atoms with E-state index in [0.717, 1.165) is 0 Å². The van der Waals surface area contributed by atoms with E-state index in [-0.39, 0.29) is 48.7 Å². The Morgan fingerprint density at radius 2 is 0.829 bits per heavy atom. The van der Waals surface area contributed by atoms with Crippen molar-refractivity contribution >= 4 is 32.1 Å². The fourth-order valence-electron chi connectivity index (χ4n) is 3.40. The number of esters is 4. The lowest BCUT2D eigenvalue weighted by Gasteiger charge is -2.32. The van der Waals surface area contributed by atoms with Crippen molar-refractivity contribution in [1.29, 1.82) is 0 Å². The molecular weight excluding hydrogens is 475 g/mol. The number of hydrogen-bond acceptors (Lipinski definition) is 8. The van der Waals surface area contributed by atoms with Gasteiger partial charge in [0.1, 0.15) is 8.22 Å². The second-order valence-electron chi connectivity index (χ2n) is 8.27. The van der Waals surface area contributed by atoms with Crippen LogP contribution in [-0.2, 0) is 18.9 Å². The summed E-state index contributed by atoms with van der Waals surface area (Å²) in [4.78, 5) is 50.4. The molecular formula is C24H33N2O8P. The summed E-state index contributed by atoms with van der Waals surface area (Å²) >= 11 is 0. The highest BCUT2D eigenvalue weighted by molar-refractivity contribution is 7.56. The minimum Gasteiger partial charge on any atom is -0.462 e. The molecule has 0 spiro atoms. The number of aromatic nitrogens is 2. The Morgan fingerprint density at radius 3 is 1.00 bits per heavy atom. The van der Waals surface area contributed by atoms with Gasteiger partial charge in [0, 0.05) is 29.9 Å². The second kappa shape index (κ2) is 12.0. The molecule has 0 atom stereocenters. The second-order valence-corrected chi connectivity index (χ2v) is 11.1. The van der Waals surface area contributed by atoms with E-state index in [2.05, 4.69) is 0 Å². The van der Waals surface area contributed by atoms with Crippen LogP contribution in [-0.4, -0.2) is 64.1 Å². The van der Waals surface area contributed by atoms with Crippen molar-refractivity contribution in [2.24, 2.45) is 0 Å². The Balaban J connectivity index is 2.71. The van der Waals surface area contributed by atoms with Crippen molar-refractivity contribution < 1.29 is 38.1 Å². The third kappa shape index (κ3) is 6.51. The molecule has 0 aliphatic heterocycles. The molecule has 10 nitrogen and oxygen atoms in total. The summed E-state index contributed by atoms with van der Waals surface area (Å²) in [5.41, 5.74) is 0.298. The topological polar surface area (TPSA) is 115 Å². The van der Waals surface area contributed by atoms with Gasteiger partial charge >= 0.3 is 23.9 Å². The molecule has 11 heteroatoms. The molecule has 2 aromatic rings. The van der Waals surface area contributed by atoms with Crippen LogP contribution in [0.15, 0.2) is 24.8 Å². The predicted octanol–water partition coefficient (Wildman–Crippen LogP) is 4.50. The smallest absolute Gasteiger partial charge is 0.340 e. The van der Waals surface area contributed by atoms with Crippen LogP contribution in [0.3, 0.4) is 0 Å². The first kappa shape index (κ1) is 28.1. The van der Waals surface area contributed by atoms with E-state index in [1.165, 1.54) is 24.8 Å². The van der Waals surface area contributed by atoms with Crippen molar-refractivity contribution in [1.82, 2.24) is 8.68 Å². The zero-order valence-corrected chi connectivity index (χ0v) is 22.1. The van der Waals surface area contributed by atoms with E-state index in [4.69, 9.17) is 18.9 Å². The molecule has 0 unspecified atom stereocenters. The summed E-state index contributed by atoms with van der Waals surface area (Å²) in [6, 6.07) is 0. The lowest BCUT2D eigenvalue weighted by Crippen LogP contribution is -2.19. The summed E-state index contributed by atoms with van der Waals surface area (Å²) < 4.78 is 24.0. The van der Waals surface area contributed by atoms with Crippen LogP contribution < -0.4 is 0 Å². The molecule has 0 fully saturated rings. The molecule has 35 heavy (non-hydrogen) atoms. The number of ether oxygens (including phenoxy) is 4. The van der Waals surface area contributed by atoms with E-state index in [1.54, 1.807) is 36.4 Å². The Bertz CT molecular complexity index is 931. The molecule has 192 valence electrons. The number of nitrogens with zero attached hydrogens (tertiary/aromatic N) is 2. The van der Waals surface area contributed by atoms with Crippen LogP contribution in [0.5, 0.6) is 0 Å². The molecule has 0 aromatic carbocycles. The van der Waals surface area contributed by atoms with Gasteiger partial charge in [-0.2, -0.15) is 0 Å². The molecule has 0 saturated heterocycles. The number of rotatable bonds is 10. The fraction of sp³-hybridized carbons (Fsp3) is 0.500. The quantitative estimate of drug-likeness (QED) is 0.262. The maximum atomic E-state index is 12.6. The lowest BCUT2D eigenvalue weighted by atomic mass is 10.2. The van der Waals surface area contributed by atoms with Gasteiger partial charge in [-0.25, -0.2) is 19.2 Å². The summed E-state index contributed by atoms with van der Waals surface area (Å²) in [6.45, 7) is 13.2. The summed E-state index contributed by atoms with van der Waals surface area (Å²) in [5, 5.41) is -0.441. The molecule has 0 aliphatic rings. The molecule has 2 rings (SSSR count). The van der Waals surface area contributed by atoms with Gasteiger partial charge in [-0.15, -0.1) is 0 Å². The Labute approximate surface area is 206 Å². The lowest BCUT2D eigenvalue weighted by molar-refractivity contribution is 0.0480. The maximum absolute atomic E-state index is 12.6. The zero-order valence-electron chi connectivity index (χ0n) is 21.2. The minimum atomic E-state index is -1.42. The average molecular weight is 509 g/mol. The van der Waals surface area contributed by atoms with E-state index in [0.29, 0.717) is 0 Å². The van der Waals surface area contributed by atoms with E-state index < -0.39 is 37.3 Å². The summed E-state index contributed by atoms with van der Waals surface area (Å²) in [6.07, 6.45) is 6.15. The van der Waals surface area contributed by atoms with Crippen LogP contribution >= 0.6 is 8.22 Å². The molecule has 2 aromatic heterocycles. The van der Waals surface area contributed by atoms with Crippen LogP contribution in [0.1, 0.15) is 89.9 Å². The average Bonchev–Trinajstić information content (AvgIpc) is 3.39. The Hall–Kier alpha value is -3.13. The normalized spacial score (nSPS) is 11.3. The SMILES string of the molecule is CCOC(=O)c1cn(P(n2cc(C(=O)OCC)c(C(=O)OCC)c2)C(C)(C)C)cc1C(=O)OCC. The van der Waals surface area contributed by atoms with E-state index in [1.807, 2.05) is 20.8 Å². The zero-order chi connectivity index (χ0) is 26.3. The minimum absolute atomic E-state index is 0.0745. The summed E-state index contributed by atoms with van der Waals surface area (Å²) in [5.74, 6) is -2.59. The standard InChI is InChI=1S/C24H33N2O8P/c1-8-31-20(27)16-12-25(13-17(16)21(28)32-9-2)35(24(5,6)7)26-14-18(22(29)33-10-3)19(15-26)23(30)34-11-4/h12-15H,8-11H2,1-7H3. The molecule has 0 saturated carbocycles. The van der Waals surface area contributed by atoms with Crippen LogP contribution in [0.25, 0.3) is 0 Å². The van der Waals surface area contributed by atoms with Crippen molar-refractivity contribution in [2.75, 3.05) is 26.4 Å². The summed E-state index contributed by atoms with van der Waals surface area (Å²) in [7, 11) is -1.42. The number of hydrogen-bond donors (Lipinski definition) is 0. The first-order valence-electron chi connectivity index (χ1n) is 11.4. The van der Waals surface area contributed by atoms with Gasteiger partial charge in [0.15, 0.2) is 0 Å². The van der Waals surface area contributed by atoms with Crippen LogP contribution in [0, 0.1) is 0 Å². The highest BCUT2D eigenvalue weighted by Gasteiger charge is 2.34. The molecule has 2 heterocycles. The van der Waals surface area contributed by atoms with Gasteiger partial charge < -0.3 is 27.6 Å². The van der Waals surface area contributed by atoms with Crippen LogP contribution in [0.2, 0.25) is 0 Å². The largest absolute Gasteiger partial charge is 0.462 e. The van der Waals surface area contributed by atoms with Gasteiger partial charge in [-0.3, -0.25) is 0 Å². The molecule has 0 radical (unpaired) electrons. The van der Waals surface area contributed by atoms with Crippen molar-refractivity contribution in [2.45, 2.75) is 53.6 Å². The van der Waals surface area contributed by atoms with Crippen molar-refractivity contribution in [3.63, 3.8) is 0 Å². The third-order valence-corrected chi connectivity index (χ3v) is 7.18. The van der Waals surface area contributed by atoms with E-state index in [9.17, 15) is 19.2 Å². The van der Waals surface area contributed by atoms with E-state index >= 15 is 0 Å². The monoisotopic (exact) mass is 508 g/mol. The Morgan fingerprint density at radius 1 is 0.600 bits per heavy atom. The number of carbonyl (C=O) groups excluding carboxylic acids is 4. The van der Waals surface area contributed by atoms with Gasteiger partial charge in [-0.1, -0.05) is 20.8 Å². The fourth-order valence-corrected chi connectivity index (χ4v) is 5.92. The first-order valence-corrected chi connectivity index (χ1v) is 12.7. The highest BCUT2D eigenvalue weighted by atomic mass is 31.1. The third-order valence-electron chi connectivity index (χ3n) is 4.64. The number of carbonyl (C=O) groups is 4. The van der Waals surface area contributed by atoms with Crippen molar-refractivity contribution in [3.05, 3.63) is 47.0 Å². The molecule has 0 aliphatic carbocycles. The van der Waals surface area contributed by atoms with Gasteiger partial charge in [0.2, 0.25) is 0 Å². The molecule has 0 N–H and O–H groups in total.